The summed E-state index contributed by atoms with van der Waals surface area (Å²) < 4.78 is 0. The van der Waals surface area contributed by atoms with Crippen molar-refractivity contribution in [2.24, 2.45) is 5.92 Å². The molecule has 0 saturated heterocycles. The Hall–Kier alpha value is -0.330. The largest absolute Gasteiger partial charge is 0.303 e. The Labute approximate surface area is 89.3 Å². The van der Waals surface area contributed by atoms with Crippen LogP contribution < -0.4 is 0 Å². The standard InChI is InChI=1S/C13H26O/c1-3-5-7-9-11-13(12-14)10-8-6-4-2/h12-13H,3-11H2,1-2H3. The number of unbranched alkanes of at least 4 members (excludes halogenated alkanes) is 5. The summed E-state index contributed by atoms with van der Waals surface area (Å²) in [6.07, 6.45) is 12.3. The van der Waals surface area contributed by atoms with Crippen LogP contribution in [-0.4, -0.2) is 6.29 Å². The van der Waals surface area contributed by atoms with Gasteiger partial charge in [-0.3, -0.25) is 0 Å². The van der Waals surface area contributed by atoms with Crippen molar-refractivity contribution >= 4 is 6.29 Å². The fraction of sp³-hybridized carbons (Fsp3) is 0.923. The predicted molar refractivity (Wildman–Crippen MR) is 62.5 cm³/mol. The van der Waals surface area contributed by atoms with Crippen molar-refractivity contribution in [3.63, 3.8) is 0 Å². The molecule has 1 nitrogen and oxygen atoms in total. The molecule has 0 radical (unpaired) electrons. The average Bonchev–Trinajstić information content (AvgIpc) is 2.22. The van der Waals surface area contributed by atoms with Crippen LogP contribution in [0.2, 0.25) is 0 Å². The van der Waals surface area contributed by atoms with Crippen molar-refractivity contribution in [3.8, 4) is 0 Å². The number of aldehydes is 1. The Morgan fingerprint density at radius 3 is 1.86 bits per heavy atom. The molecule has 1 atom stereocenters. The summed E-state index contributed by atoms with van der Waals surface area (Å²) in [6.45, 7) is 4.43. The highest BCUT2D eigenvalue weighted by Crippen LogP contribution is 2.15. The van der Waals surface area contributed by atoms with E-state index in [0.29, 0.717) is 5.92 Å². The van der Waals surface area contributed by atoms with Crippen LogP contribution in [0.25, 0.3) is 0 Å². The topological polar surface area (TPSA) is 17.1 Å². The molecule has 84 valence electrons. The maximum absolute atomic E-state index is 10.8. The Balaban J connectivity index is 3.33. The summed E-state index contributed by atoms with van der Waals surface area (Å²) in [4.78, 5) is 10.8. The number of carbonyl (C=O) groups is 1. The van der Waals surface area contributed by atoms with Gasteiger partial charge in [0, 0.05) is 5.92 Å². The molecule has 0 N–H and O–H groups in total. The molecule has 0 aliphatic carbocycles. The van der Waals surface area contributed by atoms with E-state index in [4.69, 9.17) is 0 Å². The minimum atomic E-state index is 0.346. The van der Waals surface area contributed by atoms with Gasteiger partial charge in [-0.1, -0.05) is 58.8 Å². The van der Waals surface area contributed by atoms with Crippen molar-refractivity contribution in [1.82, 2.24) is 0 Å². The Morgan fingerprint density at radius 1 is 0.857 bits per heavy atom. The minimum Gasteiger partial charge on any atom is -0.303 e. The van der Waals surface area contributed by atoms with Crippen molar-refractivity contribution < 1.29 is 4.79 Å². The van der Waals surface area contributed by atoms with Crippen molar-refractivity contribution in [2.75, 3.05) is 0 Å². The third kappa shape index (κ3) is 8.28. The zero-order valence-corrected chi connectivity index (χ0v) is 9.93. The molecule has 0 rings (SSSR count). The van der Waals surface area contributed by atoms with Crippen molar-refractivity contribution in [1.29, 1.82) is 0 Å². The summed E-state index contributed by atoms with van der Waals surface area (Å²) in [5, 5.41) is 0. The lowest BCUT2D eigenvalue weighted by Gasteiger charge is -2.08. The summed E-state index contributed by atoms with van der Waals surface area (Å²) in [5.41, 5.74) is 0. The van der Waals surface area contributed by atoms with E-state index in [9.17, 15) is 4.79 Å². The molecule has 0 heterocycles. The molecule has 14 heavy (non-hydrogen) atoms. The van der Waals surface area contributed by atoms with Crippen LogP contribution >= 0.6 is 0 Å². The first-order chi connectivity index (χ1) is 6.85. The molecule has 0 bridgehead atoms. The fourth-order valence-electron chi connectivity index (χ4n) is 1.77. The molecule has 0 fully saturated rings. The van der Waals surface area contributed by atoms with Crippen molar-refractivity contribution in [2.45, 2.75) is 71.6 Å². The first-order valence-electron chi connectivity index (χ1n) is 6.30. The van der Waals surface area contributed by atoms with E-state index in [1.54, 1.807) is 0 Å². The van der Waals surface area contributed by atoms with Gasteiger partial charge in [0.2, 0.25) is 0 Å². The zero-order chi connectivity index (χ0) is 10.6. The molecule has 0 aromatic rings. The van der Waals surface area contributed by atoms with E-state index in [-0.39, 0.29) is 0 Å². The lowest BCUT2D eigenvalue weighted by atomic mass is 9.96. The monoisotopic (exact) mass is 198 g/mol. The van der Waals surface area contributed by atoms with Crippen LogP contribution in [0.1, 0.15) is 71.6 Å². The Morgan fingerprint density at radius 2 is 1.36 bits per heavy atom. The SMILES string of the molecule is CCCCCCC(C=O)CCCCC. The Kier molecular flexibility index (Phi) is 10.5. The van der Waals surface area contributed by atoms with Crippen LogP contribution in [0.3, 0.4) is 0 Å². The van der Waals surface area contributed by atoms with Crippen LogP contribution in [0.15, 0.2) is 0 Å². The smallest absolute Gasteiger partial charge is 0.123 e. The molecule has 0 aliphatic rings. The normalized spacial score (nSPS) is 12.7. The third-order valence-electron chi connectivity index (χ3n) is 2.80. The maximum Gasteiger partial charge on any atom is 0.123 e. The molecule has 0 spiro atoms. The lowest BCUT2D eigenvalue weighted by molar-refractivity contribution is -0.111. The van der Waals surface area contributed by atoms with Crippen LogP contribution in [0.5, 0.6) is 0 Å². The highest BCUT2D eigenvalue weighted by molar-refractivity contribution is 5.53. The van der Waals surface area contributed by atoms with Gasteiger partial charge in [0.1, 0.15) is 6.29 Å². The van der Waals surface area contributed by atoms with E-state index in [2.05, 4.69) is 13.8 Å². The number of carbonyl (C=O) groups excluding carboxylic acids is 1. The number of rotatable bonds is 10. The van der Waals surface area contributed by atoms with Gasteiger partial charge < -0.3 is 4.79 Å². The second-order valence-corrected chi connectivity index (χ2v) is 4.24. The van der Waals surface area contributed by atoms with E-state index in [1.807, 2.05) is 0 Å². The molecule has 0 amide bonds. The molecule has 0 aromatic carbocycles. The van der Waals surface area contributed by atoms with Gasteiger partial charge in [0.15, 0.2) is 0 Å². The fourth-order valence-corrected chi connectivity index (χ4v) is 1.77. The van der Waals surface area contributed by atoms with E-state index < -0.39 is 0 Å². The number of hydrogen-bond donors (Lipinski definition) is 0. The van der Waals surface area contributed by atoms with Gasteiger partial charge >= 0.3 is 0 Å². The van der Waals surface area contributed by atoms with Gasteiger partial charge in [-0.2, -0.15) is 0 Å². The zero-order valence-electron chi connectivity index (χ0n) is 9.93. The van der Waals surface area contributed by atoms with Crippen LogP contribution in [0.4, 0.5) is 0 Å². The molecule has 0 aliphatic heterocycles. The second kappa shape index (κ2) is 10.7. The summed E-state index contributed by atoms with van der Waals surface area (Å²) in [6, 6.07) is 0. The highest BCUT2D eigenvalue weighted by Gasteiger charge is 2.05. The van der Waals surface area contributed by atoms with Gasteiger partial charge in [0.25, 0.3) is 0 Å². The van der Waals surface area contributed by atoms with Gasteiger partial charge in [-0.25, -0.2) is 0 Å². The number of hydrogen-bond acceptors (Lipinski definition) is 1. The van der Waals surface area contributed by atoms with Crippen LogP contribution in [-0.2, 0) is 4.79 Å². The highest BCUT2D eigenvalue weighted by atomic mass is 16.1. The van der Waals surface area contributed by atoms with Crippen molar-refractivity contribution in [3.05, 3.63) is 0 Å². The van der Waals surface area contributed by atoms with Gasteiger partial charge in [0.05, 0.1) is 0 Å². The molecular formula is C13H26O. The molecular weight excluding hydrogens is 172 g/mol. The molecule has 1 unspecified atom stereocenters. The Bertz CT molecular complexity index is 120. The third-order valence-corrected chi connectivity index (χ3v) is 2.80. The van der Waals surface area contributed by atoms with E-state index in [1.165, 1.54) is 51.2 Å². The van der Waals surface area contributed by atoms with E-state index in [0.717, 1.165) is 12.8 Å². The van der Waals surface area contributed by atoms with Gasteiger partial charge in [-0.15, -0.1) is 0 Å². The maximum atomic E-state index is 10.8. The lowest BCUT2D eigenvalue weighted by Crippen LogP contribution is -2.01. The molecule has 0 saturated carbocycles. The van der Waals surface area contributed by atoms with Crippen LogP contribution in [0, 0.1) is 5.92 Å². The summed E-state index contributed by atoms with van der Waals surface area (Å²) in [7, 11) is 0. The van der Waals surface area contributed by atoms with Gasteiger partial charge in [-0.05, 0) is 12.8 Å². The predicted octanol–water partition coefficient (Wildman–Crippen LogP) is 4.35. The average molecular weight is 198 g/mol. The summed E-state index contributed by atoms with van der Waals surface area (Å²) >= 11 is 0. The quantitative estimate of drug-likeness (QED) is 0.377. The minimum absolute atomic E-state index is 0.346. The summed E-state index contributed by atoms with van der Waals surface area (Å²) in [5.74, 6) is 0.346. The molecule has 0 aromatic heterocycles. The first kappa shape index (κ1) is 13.7. The first-order valence-corrected chi connectivity index (χ1v) is 6.30. The molecule has 1 heteroatoms. The second-order valence-electron chi connectivity index (χ2n) is 4.24. The van der Waals surface area contributed by atoms with E-state index >= 15 is 0 Å².